The first-order valence-corrected chi connectivity index (χ1v) is 5.47. The van der Waals surface area contributed by atoms with Gasteiger partial charge >= 0.3 is 5.97 Å². The van der Waals surface area contributed by atoms with Crippen LogP contribution in [0.4, 0.5) is 5.69 Å². The lowest BCUT2D eigenvalue weighted by molar-refractivity contribution is -0.384. The van der Waals surface area contributed by atoms with Crippen LogP contribution in [0.2, 0.25) is 0 Å². The van der Waals surface area contributed by atoms with Gasteiger partial charge in [0.25, 0.3) is 5.69 Å². The first-order valence-electron chi connectivity index (χ1n) is 5.47. The highest BCUT2D eigenvalue weighted by Gasteiger charge is 2.14. The molecule has 0 atom stereocenters. The predicted molar refractivity (Wildman–Crippen MR) is 68.7 cm³/mol. The molecule has 0 bridgehead atoms. The van der Waals surface area contributed by atoms with Gasteiger partial charge in [0.1, 0.15) is 0 Å². The Bertz CT molecular complexity index is 637. The third kappa shape index (κ3) is 2.60. The van der Waals surface area contributed by atoms with Crippen LogP contribution in [0.1, 0.15) is 10.4 Å². The fourth-order valence-electron chi connectivity index (χ4n) is 1.74. The maximum atomic E-state index is 11.6. The van der Waals surface area contributed by atoms with Crippen LogP contribution in [-0.2, 0) is 4.74 Å². The molecule has 0 heterocycles. The molecule has 0 saturated carbocycles. The van der Waals surface area contributed by atoms with E-state index in [0.29, 0.717) is 11.1 Å². The van der Waals surface area contributed by atoms with E-state index < -0.39 is 10.9 Å². The van der Waals surface area contributed by atoms with E-state index in [4.69, 9.17) is 0 Å². The van der Waals surface area contributed by atoms with E-state index in [0.717, 1.165) is 0 Å². The molecule has 5 nitrogen and oxygen atoms in total. The Labute approximate surface area is 109 Å². The molecule has 0 fully saturated rings. The van der Waals surface area contributed by atoms with Crippen LogP contribution in [-0.4, -0.2) is 18.0 Å². The van der Waals surface area contributed by atoms with Crippen LogP contribution in [0.5, 0.6) is 0 Å². The molecule has 5 heteroatoms. The summed E-state index contributed by atoms with van der Waals surface area (Å²) in [4.78, 5) is 21.9. The van der Waals surface area contributed by atoms with Crippen molar-refractivity contribution in [3.05, 3.63) is 64.2 Å². The highest BCUT2D eigenvalue weighted by Crippen LogP contribution is 2.27. The van der Waals surface area contributed by atoms with Gasteiger partial charge in [-0.15, -0.1) is 0 Å². The van der Waals surface area contributed by atoms with Crippen molar-refractivity contribution >= 4 is 11.7 Å². The highest BCUT2D eigenvalue weighted by molar-refractivity contribution is 5.97. The molecule has 0 aliphatic carbocycles. The summed E-state index contributed by atoms with van der Waals surface area (Å²) >= 11 is 0. The van der Waals surface area contributed by atoms with Gasteiger partial charge in [-0.1, -0.05) is 30.3 Å². The summed E-state index contributed by atoms with van der Waals surface area (Å²) in [5.74, 6) is -0.526. The molecule has 2 aromatic rings. The molecule has 1 radical (unpaired) electrons. The third-order valence-corrected chi connectivity index (χ3v) is 2.61. The van der Waals surface area contributed by atoms with E-state index in [2.05, 4.69) is 10.8 Å². The van der Waals surface area contributed by atoms with Crippen molar-refractivity contribution in [1.82, 2.24) is 0 Å². The van der Waals surface area contributed by atoms with Crippen molar-refractivity contribution in [3.8, 4) is 11.1 Å². The molecule has 0 aromatic heterocycles. The molecule has 0 aliphatic heterocycles. The van der Waals surface area contributed by atoms with Crippen LogP contribution in [0, 0.1) is 16.2 Å². The van der Waals surface area contributed by atoms with E-state index in [1.807, 2.05) is 0 Å². The van der Waals surface area contributed by atoms with Crippen molar-refractivity contribution in [2.24, 2.45) is 0 Å². The quantitative estimate of drug-likeness (QED) is 0.481. The van der Waals surface area contributed by atoms with E-state index in [9.17, 15) is 14.9 Å². The van der Waals surface area contributed by atoms with Gasteiger partial charge in [-0.3, -0.25) is 10.1 Å². The first kappa shape index (κ1) is 12.8. The number of nitrogens with zero attached hydrogens (tertiary/aromatic N) is 1. The number of nitro groups is 1. The van der Waals surface area contributed by atoms with E-state index in [-0.39, 0.29) is 11.3 Å². The summed E-state index contributed by atoms with van der Waals surface area (Å²) in [6, 6.07) is 13.9. The summed E-state index contributed by atoms with van der Waals surface area (Å²) in [7, 11) is 1.28. The van der Waals surface area contributed by atoms with Crippen molar-refractivity contribution in [2.45, 2.75) is 0 Å². The molecule has 19 heavy (non-hydrogen) atoms. The van der Waals surface area contributed by atoms with Crippen LogP contribution in [0.25, 0.3) is 11.1 Å². The van der Waals surface area contributed by atoms with Crippen LogP contribution >= 0.6 is 0 Å². The Morgan fingerprint density at radius 1 is 1.32 bits per heavy atom. The minimum atomic E-state index is -0.526. The molecule has 0 amide bonds. The van der Waals surface area contributed by atoms with Crippen molar-refractivity contribution in [3.63, 3.8) is 0 Å². The van der Waals surface area contributed by atoms with Gasteiger partial charge in [0.05, 0.1) is 17.6 Å². The Balaban J connectivity index is 2.56. The minimum Gasteiger partial charge on any atom is -0.465 e. The molecule has 2 rings (SSSR count). The van der Waals surface area contributed by atoms with Crippen LogP contribution < -0.4 is 0 Å². The lowest BCUT2D eigenvalue weighted by Gasteiger charge is -2.07. The number of esters is 1. The smallest absolute Gasteiger partial charge is 0.339 e. The number of rotatable bonds is 3. The van der Waals surface area contributed by atoms with Crippen LogP contribution in [0.3, 0.4) is 0 Å². The Hall–Kier alpha value is -2.69. The molecule has 0 spiro atoms. The number of carbonyl (C=O) groups excluding carboxylic acids is 1. The summed E-state index contributed by atoms with van der Waals surface area (Å²) < 4.78 is 4.67. The largest absolute Gasteiger partial charge is 0.465 e. The zero-order valence-electron chi connectivity index (χ0n) is 10.1. The van der Waals surface area contributed by atoms with Crippen molar-refractivity contribution in [1.29, 1.82) is 0 Å². The standard InChI is InChI=1S/C14H10NO4/c1-19-14(16)13-8-3-2-7-12(13)10-5-4-6-11(9-10)15(17)18/h2-7,9H,1H3. The topological polar surface area (TPSA) is 69.4 Å². The van der Waals surface area contributed by atoms with E-state index >= 15 is 0 Å². The summed E-state index contributed by atoms with van der Waals surface area (Å²) in [6.45, 7) is 0. The molecule has 0 N–H and O–H groups in total. The lowest BCUT2D eigenvalue weighted by atomic mass is 9.99. The molecular formula is C14H10NO4. The van der Waals surface area contributed by atoms with Crippen molar-refractivity contribution < 1.29 is 14.5 Å². The average molecular weight is 256 g/mol. The van der Waals surface area contributed by atoms with E-state index in [1.54, 1.807) is 30.3 Å². The molecule has 2 aromatic carbocycles. The van der Waals surface area contributed by atoms with Crippen LogP contribution in [0.15, 0.2) is 42.5 Å². The second-order valence-corrected chi connectivity index (χ2v) is 3.76. The normalized spacial score (nSPS) is 9.95. The lowest BCUT2D eigenvalue weighted by Crippen LogP contribution is -2.03. The van der Waals surface area contributed by atoms with Gasteiger partial charge in [-0.2, -0.15) is 0 Å². The van der Waals surface area contributed by atoms with Gasteiger partial charge in [0, 0.05) is 12.1 Å². The third-order valence-electron chi connectivity index (χ3n) is 2.61. The van der Waals surface area contributed by atoms with Gasteiger partial charge < -0.3 is 4.74 Å². The number of non-ortho nitro benzene ring substituents is 1. The van der Waals surface area contributed by atoms with E-state index in [1.165, 1.54) is 19.2 Å². The molecular weight excluding hydrogens is 246 g/mol. The van der Waals surface area contributed by atoms with Gasteiger partial charge in [-0.05, 0) is 17.2 Å². The molecule has 0 unspecified atom stereocenters. The number of hydrogen-bond donors (Lipinski definition) is 0. The fourth-order valence-corrected chi connectivity index (χ4v) is 1.74. The highest BCUT2D eigenvalue weighted by atomic mass is 16.6. The molecule has 0 aliphatic rings. The maximum Gasteiger partial charge on any atom is 0.339 e. The SMILES string of the molecule is COC(=O)c1[c]cccc1-c1cccc([N+](=O)[O-])c1. The maximum absolute atomic E-state index is 11.6. The zero-order chi connectivity index (χ0) is 13.8. The number of benzene rings is 2. The zero-order valence-corrected chi connectivity index (χ0v) is 10.1. The predicted octanol–water partition coefficient (Wildman–Crippen LogP) is 2.85. The van der Waals surface area contributed by atoms with Gasteiger partial charge in [-0.25, -0.2) is 4.79 Å². The Kier molecular flexibility index (Phi) is 3.56. The first-order chi connectivity index (χ1) is 9.13. The number of hydrogen-bond acceptors (Lipinski definition) is 4. The monoisotopic (exact) mass is 256 g/mol. The number of ether oxygens (including phenoxy) is 1. The Morgan fingerprint density at radius 3 is 2.79 bits per heavy atom. The number of carbonyl (C=O) groups is 1. The van der Waals surface area contributed by atoms with Crippen molar-refractivity contribution in [2.75, 3.05) is 7.11 Å². The summed E-state index contributed by atoms with van der Waals surface area (Å²) in [6.07, 6.45) is 0. The average Bonchev–Trinajstić information content (AvgIpc) is 2.46. The van der Waals surface area contributed by atoms with Gasteiger partial charge in [0.2, 0.25) is 0 Å². The summed E-state index contributed by atoms with van der Waals surface area (Å²) in [5.41, 5.74) is 1.35. The molecule has 95 valence electrons. The second kappa shape index (κ2) is 5.30. The Morgan fingerprint density at radius 2 is 2.11 bits per heavy atom. The number of nitro benzene ring substituents is 1. The minimum absolute atomic E-state index is 0.0304. The summed E-state index contributed by atoms with van der Waals surface area (Å²) in [5, 5.41) is 10.8. The molecule has 0 saturated heterocycles. The fraction of sp³-hybridized carbons (Fsp3) is 0.0714. The number of methoxy groups -OCH3 is 1. The van der Waals surface area contributed by atoms with Gasteiger partial charge in [0.15, 0.2) is 0 Å². The second-order valence-electron chi connectivity index (χ2n) is 3.76.